The van der Waals surface area contributed by atoms with Crippen LogP contribution in [-0.4, -0.2) is 34.0 Å². The molecule has 0 N–H and O–H groups in total. The van der Waals surface area contributed by atoms with Crippen LogP contribution >= 0.6 is 23.2 Å². The molecule has 0 aromatic heterocycles. The first-order chi connectivity index (χ1) is 11.3. The van der Waals surface area contributed by atoms with Gasteiger partial charge in [-0.05, 0) is 29.8 Å². The van der Waals surface area contributed by atoms with E-state index >= 15 is 0 Å². The second kappa shape index (κ2) is 7.61. The van der Waals surface area contributed by atoms with Crippen LogP contribution in [0.3, 0.4) is 0 Å². The van der Waals surface area contributed by atoms with Crippen LogP contribution in [0.5, 0.6) is 11.5 Å². The van der Waals surface area contributed by atoms with E-state index < -0.39 is 10.0 Å². The molecule has 0 bridgehead atoms. The second-order valence-electron chi connectivity index (χ2n) is 5.00. The molecule has 2 rings (SSSR count). The van der Waals surface area contributed by atoms with Gasteiger partial charge in [-0.2, -0.15) is 4.31 Å². The molecule has 0 aliphatic rings. The van der Waals surface area contributed by atoms with E-state index in [0.717, 1.165) is 5.56 Å². The second-order valence-corrected chi connectivity index (χ2v) is 7.77. The molecule has 8 heteroatoms. The predicted octanol–water partition coefficient (Wildman–Crippen LogP) is 3.83. The Morgan fingerprint density at radius 3 is 2.12 bits per heavy atom. The first-order valence-corrected chi connectivity index (χ1v) is 9.12. The number of halogens is 2. The Morgan fingerprint density at radius 1 is 0.958 bits per heavy atom. The van der Waals surface area contributed by atoms with Gasteiger partial charge in [-0.3, -0.25) is 0 Å². The van der Waals surface area contributed by atoms with Gasteiger partial charge in [-0.15, -0.1) is 0 Å². The molecule has 0 atom stereocenters. The number of methoxy groups -OCH3 is 2. The number of ether oxygens (including phenoxy) is 2. The number of hydrogen-bond donors (Lipinski definition) is 0. The van der Waals surface area contributed by atoms with Gasteiger partial charge in [0.2, 0.25) is 10.0 Å². The fraction of sp³-hybridized carbons (Fsp3) is 0.250. The smallest absolute Gasteiger partial charge is 0.244 e. The average molecular weight is 390 g/mol. The first-order valence-electron chi connectivity index (χ1n) is 6.92. The Labute approximate surface area is 151 Å². The van der Waals surface area contributed by atoms with Crippen molar-refractivity contribution in [2.24, 2.45) is 0 Å². The van der Waals surface area contributed by atoms with Crippen LogP contribution in [0.1, 0.15) is 5.56 Å². The molecule has 0 radical (unpaired) electrons. The van der Waals surface area contributed by atoms with Crippen molar-refractivity contribution in [1.82, 2.24) is 4.31 Å². The van der Waals surface area contributed by atoms with Crippen LogP contribution in [0.15, 0.2) is 41.3 Å². The van der Waals surface area contributed by atoms with Crippen molar-refractivity contribution in [2.45, 2.75) is 11.4 Å². The number of hydrogen-bond acceptors (Lipinski definition) is 4. The predicted molar refractivity (Wildman–Crippen MR) is 94.7 cm³/mol. The minimum absolute atomic E-state index is 0.0578. The SMILES string of the molecule is COc1ccc(CN(C)S(=O)(=O)c2ccc(OC)c(Cl)c2Cl)cc1. The average Bonchev–Trinajstić information content (AvgIpc) is 2.57. The Kier molecular flexibility index (Phi) is 5.98. The molecule has 0 saturated heterocycles. The van der Waals surface area contributed by atoms with Gasteiger partial charge in [0.1, 0.15) is 21.4 Å². The molecule has 0 aliphatic carbocycles. The lowest BCUT2D eigenvalue weighted by Crippen LogP contribution is -2.26. The van der Waals surface area contributed by atoms with E-state index in [2.05, 4.69) is 0 Å². The molecule has 0 spiro atoms. The molecule has 24 heavy (non-hydrogen) atoms. The summed E-state index contributed by atoms with van der Waals surface area (Å²) in [6, 6.07) is 10.00. The lowest BCUT2D eigenvalue weighted by atomic mass is 10.2. The van der Waals surface area contributed by atoms with E-state index in [0.29, 0.717) is 11.5 Å². The molecule has 2 aromatic carbocycles. The number of rotatable bonds is 6. The van der Waals surface area contributed by atoms with Gasteiger partial charge in [0, 0.05) is 13.6 Å². The zero-order chi connectivity index (χ0) is 17.9. The molecule has 0 saturated carbocycles. The highest BCUT2D eigenvalue weighted by Gasteiger charge is 2.26. The fourth-order valence-corrected chi connectivity index (χ4v) is 4.08. The van der Waals surface area contributed by atoms with Crippen molar-refractivity contribution in [2.75, 3.05) is 21.3 Å². The van der Waals surface area contributed by atoms with Gasteiger partial charge >= 0.3 is 0 Å². The Hall–Kier alpha value is -1.47. The van der Waals surface area contributed by atoms with E-state index in [1.807, 2.05) is 0 Å². The Morgan fingerprint density at radius 2 is 1.58 bits per heavy atom. The van der Waals surface area contributed by atoms with Crippen LogP contribution in [0.2, 0.25) is 10.0 Å². The maximum absolute atomic E-state index is 12.7. The standard InChI is InChI=1S/C16H17Cl2NO4S/c1-19(10-11-4-6-12(22-2)7-5-11)24(20,21)14-9-8-13(23-3)15(17)16(14)18/h4-9H,10H2,1-3H3. The van der Waals surface area contributed by atoms with E-state index in [1.165, 1.54) is 30.6 Å². The number of sulfonamides is 1. The van der Waals surface area contributed by atoms with Crippen LogP contribution in [0.25, 0.3) is 0 Å². The maximum Gasteiger partial charge on any atom is 0.244 e. The van der Waals surface area contributed by atoms with Gasteiger partial charge < -0.3 is 9.47 Å². The van der Waals surface area contributed by atoms with Crippen LogP contribution in [0, 0.1) is 0 Å². The summed E-state index contributed by atoms with van der Waals surface area (Å²) in [6.07, 6.45) is 0. The summed E-state index contributed by atoms with van der Waals surface area (Å²) < 4.78 is 36.8. The van der Waals surface area contributed by atoms with Crippen LogP contribution in [0.4, 0.5) is 0 Å². The van der Waals surface area contributed by atoms with Crippen molar-refractivity contribution in [3.8, 4) is 11.5 Å². The monoisotopic (exact) mass is 389 g/mol. The van der Waals surface area contributed by atoms with Gasteiger partial charge in [-0.25, -0.2) is 8.42 Å². The third-order valence-electron chi connectivity index (χ3n) is 3.48. The third kappa shape index (κ3) is 3.78. The highest BCUT2D eigenvalue weighted by atomic mass is 35.5. The minimum Gasteiger partial charge on any atom is -0.497 e. The third-order valence-corrected chi connectivity index (χ3v) is 6.31. The fourth-order valence-electron chi connectivity index (χ4n) is 2.11. The van der Waals surface area contributed by atoms with Gasteiger partial charge in [0.15, 0.2) is 0 Å². The van der Waals surface area contributed by atoms with E-state index in [1.54, 1.807) is 31.4 Å². The van der Waals surface area contributed by atoms with Crippen LogP contribution < -0.4 is 9.47 Å². The quantitative estimate of drug-likeness (QED) is 0.752. The Bertz CT molecular complexity index is 823. The lowest BCUT2D eigenvalue weighted by molar-refractivity contribution is 0.414. The summed E-state index contributed by atoms with van der Waals surface area (Å²) in [5.74, 6) is 1.02. The summed E-state index contributed by atoms with van der Waals surface area (Å²) in [5.41, 5.74) is 0.817. The number of nitrogens with zero attached hydrogens (tertiary/aromatic N) is 1. The largest absolute Gasteiger partial charge is 0.497 e. The number of benzene rings is 2. The van der Waals surface area contributed by atoms with Crippen molar-refractivity contribution in [3.63, 3.8) is 0 Å². The van der Waals surface area contributed by atoms with Crippen LogP contribution in [-0.2, 0) is 16.6 Å². The van der Waals surface area contributed by atoms with Crippen molar-refractivity contribution < 1.29 is 17.9 Å². The molecule has 0 aliphatic heterocycles. The molecular formula is C16H17Cl2NO4S. The summed E-state index contributed by atoms with van der Waals surface area (Å²) in [7, 11) is 0.682. The Balaban J connectivity index is 2.30. The van der Waals surface area contributed by atoms with Gasteiger partial charge in [-0.1, -0.05) is 35.3 Å². The molecule has 130 valence electrons. The normalized spacial score (nSPS) is 11.6. The van der Waals surface area contributed by atoms with E-state index in [9.17, 15) is 8.42 Å². The zero-order valence-electron chi connectivity index (χ0n) is 13.4. The zero-order valence-corrected chi connectivity index (χ0v) is 15.7. The highest BCUT2D eigenvalue weighted by molar-refractivity contribution is 7.89. The topological polar surface area (TPSA) is 55.8 Å². The molecular weight excluding hydrogens is 373 g/mol. The first kappa shape index (κ1) is 18.9. The van der Waals surface area contributed by atoms with E-state index in [-0.39, 0.29) is 21.5 Å². The van der Waals surface area contributed by atoms with Crippen molar-refractivity contribution >= 4 is 33.2 Å². The lowest BCUT2D eigenvalue weighted by Gasteiger charge is -2.19. The maximum atomic E-state index is 12.7. The van der Waals surface area contributed by atoms with Gasteiger partial charge in [0.25, 0.3) is 0 Å². The van der Waals surface area contributed by atoms with Gasteiger partial charge in [0.05, 0.1) is 19.2 Å². The molecule has 0 heterocycles. The molecule has 5 nitrogen and oxygen atoms in total. The molecule has 2 aromatic rings. The summed E-state index contributed by atoms with van der Waals surface area (Å²) in [4.78, 5) is -0.0639. The summed E-state index contributed by atoms with van der Waals surface area (Å²) in [5, 5.41) is 0.00990. The summed E-state index contributed by atoms with van der Waals surface area (Å²) >= 11 is 12.2. The molecule has 0 amide bonds. The van der Waals surface area contributed by atoms with E-state index in [4.69, 9.17) is 32.7 Å². The molecule has 0 unspecified atom stereocenters. The minimum atomic E-state index is -3.80. The van der Waals surface area contributed by atoms with Crippen molar-refractivity contribution in [1.29, 1.82) is 0 Å². The summed E-state index contributed by atoms with van der Waals surface area (Å²) in [6.45, 7) is 0.187. The highest BCUT2D eigenvalue weighted by Crippen LogP contribution is 2.37. The molecule has 0 fully saturated rings. The van der Waals surface area contributed by atoms with Crippen molar-refractivity contribution in [3.05, 3.63) is 52.0 Å².